The Hall–Kier alpha value is -2.67. The zero-order valence-electron chi connectivity index (χ0n) is 12.9. The number of nitrogens with zero attached hydrogens (tertiary/aromatic N) is 2. The molecule has 1 atom stereocenters. The molecule has 0 saturated heterocycles. The Morgan fingerprint density at radius 1 is 1.26 bits per heavy atom. The average molecular weight is 318 g/mol. The maximum absolute atomic E-state index is 12.7. The number of hydrogen-bond donors (Lipinski definition) is 1. The summed E-state index contributed by atoms with van der Waals surface area (Å²) in [4.78, 5) is 38.2. The zero-order chi connectivity index (χ0) is 17.0. The number of methoxy groups -OCH3 is 1. The lowest BCUT2D eigenvalue weighted by Gasteiger charge is -2.38. The molecular formula is C16H18N2O5. The highest BCUT2D eigenvalue weighted by Crippen LogP contribution is 2.27. The molecule has 1 aromatic rings. The first kappa shape index (κ1) is 16.7. The second-order valence-corrected chi connectivity index (χ2v) is 5.10. The minimum Gasteiger partial charge on any atom is -0.480 e. The van der Waals surface area contributed by atoms with Crippen LogP contribution in [0.5, 0.6) is 0 Å². The van der Waals surface area contributed by atoms with E-state index in [1.165, 1.54) is 30.0 Å². The molecule has 122 valence electrons. The predicted octanol–water partition coefficient (Wildman–Crippen LogP) is 0.775. The van der Waals surface area contributed by atoms with Crippen LogP contribution in [0.1, 0.15) is 12.5 Å². The molecule has 0 bridgehead atoms. The molecule has 0 aliphatic carbocycles. The molecule has 0 fully saturated rings. The van der Waals surface area contributed by atoms with Gasteiger partial charge in [-0.05, 0) is 5.56 Å². The molecule has 2 amide bonds. The van der Waals surface area contributed by atoms with Gasteiger partial charge in [-0.3, -0.25) is 19.3 Å². The van der Waals surface area contributed by atoms with Crippen LogP contribution in [0.4, 0.5) is 0 Å². The summed E-state index contributed by atoms with van der Waals surface area (Å²) in [5.74, 6) is -1.93. The maximum atomic E-state index is 12.7. The number of amides is 2. The molecule has 1 aliphatic rings. The van der Waals surface area contributed by atoms with Crippen LogP contribution in [0.2, 0.25) is 0 Å². The third-order valence-electron chi connectivity index (χ3n) is 3.49. The first-order chi connectivity index (χ1) is 11.0. The van der Waals surface area contributed by atoms with Gasteiger partial charge in [-0.2, -0.15) is 0 Å². The molecule has 7 nitrogen and oxygen atoms in total. The van der Waals surface area contributed by atoms with Crippen LogP contribution < -0.4 is 0 Å². The lowest BCUT2D eigenvalue weighted by Crippen LogP contribution is -2.54. The van der Waals surface area contributed by atoms with Gasteiger partial charge >= 0.3 is 5.97 Å². The fourth-order valence-electron chi connectivity index (χ4n) is 2.47. The molecule has 1 aromatic carbocycles. The van der Waals surface area contributed by atoms with Crippen LogP contribution in [0.3, 0.4) is 0 Å². The Morgan fingerprint density at radius 3 is 2.43 bits per heavy atom. The molecule has 0 aromatic heterocycles. The second-order valence-electron chi connectivity index (χ2n) is 5.10. The van der Waals surface area contributed by atoms with Crippen molar-refractivity contribution in [3.05, 3.63) is 42.1 Å². The van der Waals surface area contributed by atoms with Crippen LogP contribution in [0.15, 0.2) is 36.5 Å². The van der Waals surface area contributed by atoms with Gasteiger partial charge in [0.1, 0.15) is 12.6 Å². The van der Waals surface area contributed by atoms with Crippen LogP contribution >= 0.6 is 0 Å². The normalized spacial score (nSPS) is 17.9. The van der Waals surface area contributed by atoms with E-state index in [1.807, 2.05) is 6.07 Å². The number of hydrogen-bond acceptors (Lipinski definition) is 4. The molecule has 1 heterocycles. The monoisotopic (exact) mass is 318 g/mol. The van der Waals surface area contributed by atoms with Crippen molar-refractivity contribution in [1.29, 1.82) is 0 Å². The molecule has 7 heteroatoms. The quantitative estimate of drug-likeness (QED) is 0.867. The lowest BCUT2D eigenvalue weighted by molar-refractivity contribution is -0.148. The number of carbonyl (C=O) groups excluding carboxylic acids is 2. The van der Waals surface area contributed by atoms with Crippen molar-refractivity contribution in [2.24, 2.45) is 0 Å². The third kappa shape index (κ3) is 3.57. The highest BCUT2D eigenvalue weighted by Gasteiger charge is 2.38. The van der Waals surface area contributed by atoms with E-state index in [9.17, 15) is 14.4 Å². The number of benzene rings is 1. The summed E-state index contributed by atoms with van der Waals surface area (Å²) < 4.78 is 5.01. The van der Waals surface area contributed by atoms with E-state index >= 15 is 0 Å². The molecule has 2 rings (SSSR count). The summed E-state index contributed by atoms with van der Waals surface area (Å²) in [5.41, 5.74) is 1.03. The van der Waals surface area contributed by atoms with Gasteiger partial charge in [0.05, 0.1) is 12.3 Å². The topological polar surface area (TPSA) is 87.2 Å². The van der Waals surface area contributed by atoms with E-state index in [-0.39, 0.29) is 12.5 Å². The summed E-state index contributed by atoms with van der Waals surface area (Å²) >= 11 is 0. The van der Waals surface area contributed by atoms with E-state index in [1.54, 1.807) is 24.3 Å². The van der Waals surface area contributed by atoms with Crippen molar-refractivity contribution in [3.8, 4) is 0 Å². The van der Waals surface area contributed by atoms with Gasteiger partial charge in [-0.25, -0.2) is 0 Å². The summed E-state index contributed by atoms with van der Waals surface area (Å²) in [7, 11) is 1.42. The van der Waals surface area contributed by atoms with Gasteiger partial charge in [-0.1, -0.05) is 30.3 Å². The predicted molar refractivity (Wildman–Crippen MR) is 82.0 cm³/mol. The lowest BCUT2D eigenvalue weighted by atomic mass is 10.1. The number of aliphatic carboxylic acids is 1. The van der Waals surface area contributed by atoms with Crippen LogP contribution in [-0.4, -0.2) is 59.0 Å². The van der Waals surface area contributed by atoms with E-state index in [2.05, 4.69) is 0 Å². The van der Waals surface area contributed by atoms with Crippen molar-refractivity contribution in [1.82, 2.24) is 9.80 Å². The summed E-state index contributed by atoms with van der Waals surface area (Å²) in [6.45, 7) is 0.862. The van der Waals surface area contributed by atoms with E-state index in [4.69, 9.17) is 9.84 Å². The molecule has 0 spiro atoms. The number of carboxylic acid groups (broad SMARTS) is 1. The molecular weight excluding hydrogens is 300 g/mol. The minimum absolute atomic E-state index is 0.00684. The minimum atomic E-state index is -1.13. The Bertz CT molecular complexity index is 641. The first-order valence-corrected chi connectivity index (χ1v) is 7.04. The number of carbonyl (C=O) groups is 3. The average Bonchev–Trinajstić information content (AvgIpc) is 2.51. The second kappa shape index (κ2) is 7.06. The highest BCUT2D eigenvalue weighted by molar-refractivity contribution is 5.98. The van der Waals surface area contributed by atoms with Crippen molar-refractivity contribution in [3.63, 3.8) is 0 Å². The summed E-state index contributed by atoms with van der Waals surface area (Å²) in [5, 5.41) is 9.11. The Morgan fingerprint density at radius 2 is 1.91 bits per heavy atom. The Balaban J connectivity index is 2.53. The molecule has 0 radical (unpaired) electrons. The fourth-order valence-corrected chi connectivity index (χ4v) is 2.47. The van der Waals surface area contributed by atoms with Crippen molar-refractivity contribution in [2.75, 3.05) is 20.3 Å². The van der Waals surface area contributed by atoms with Gasteiger partial charge in [0.15, 0.2) is 0 Å². The standard InChI is InChI=1S/C16H18N2O5/c1-11(19)17-8-13(12-6-4-3-5-7-12)18(9-15(20)21)16(22)14(17)10-23-2/h3-8,14H,9-10H2,1-2H3,(H,20,21). The van der Waals surface area contributed by atoms with Gasteiger partial charge < -0.3 is 14.7 Å². The smallest absolute Gasteiger partial charge is 0.323 e. The van der Waals surface area contributed by atoms with E-state index < -0.39 is 24.5 Å². The van der Waals surface area contributed by atoms with E-state index in [0.29, 0.717) is 11.3 Å². The van der Waals surface area contributed by atoms with Gasteiger partial charge in [0.25, 0.3) is 5.91 Å². The van der Waals surface area contributed by atoms with E-state index in [0.717, 1.165) is 0 Å². The molecule has 0 saturated carbocycles. The fraction of sp³-hybridized carbons (Fsp3) is 0.312. The van der Waals surface area contributed by atoms with Gasteiger partial charge in [0, 0.05) is 20.2 Å². The first-order valence-electron chi connectivity index (χ1n) is 7.04. The molecule has 1 N–H and O–H groups in total. The SMILES string of the molecule is COCC1C(=O)N(CC(=O)O)C(c2ccccc2)=CN1C(C)=O. The zero-order valence-corrected chi connectivity index (χ0v) is 12.9. The highest BCUT2D eigenvalue weighted by atomic mass is 16.5. The van der Waals surface area contributed by atoms with Crippen molar-refractivity contribution in [2.45, 2.75) is 13.0 Å². The van der Waals surface area contributed by atoms with Gasteiger partial charge in [0.2, 0.25) is 5.91 Å². The Labute approximate surface area is 133 Å². The van der Waals surface area contributed by atoms with Crippen molar-refractivity contribution < 1.29 is 24.2 Å². The maximum Gasteiger partial charge on any atom is 0.323 e. The Kier molecular flexibility index (Phi) is 5.13. The molecule has 23 heavy (non-hydrogen) atoms. The van der Waals surface area contributed by atoms with Crippen LogP contribution in [0.25, 0.3) is 5.70 Å². The molecule has 1 unspecified atom stereocenters. The van der Waals surface area contributed by atoms with Crippen molar-refractivity contribution >= 4 is 23.5 Å². The third-order valence-corrected chi connectivity index (χ3v) is 3.49. The number of ether oxygens (including phenoxy) is 1. The number of carboxylic acids is 1. The van der Waals surface area contributed by atoms with Crippen LogP contribution in [0, 0.1) is 0 Å². The van der Waals surface area contributed by atoms with Gasteiger partial charge in [-0.15, -0.1) is 0 Å². The summed E-state index contributed by atoms with van der Waals surface area (Å²) in [6, 6.07) is 8.00. The molecule has 1 aliphatic heterocycles. The number of rotatable bonds is 5. The summed E-state index contributed by atoms with van der Waals surface area (Å²) in [6.07, 6.45) is 1.51. The largest absolute Gasteiger partial charge is 0.480 e. The van der Waals surface area contributed by atoms with Crippen LogP contribution in [-0.2, 0) is 19.1 Å².